The molecule has 0 bridgehead atoms. The average molecular weight is 129 g/mol. The average Bonchev–Trinajstić information content (AvgIpc) is 1.60. The van der Waals surface area contributed by atoms with Crippen molar-refractivity contribution in [3.05, 3.63) is 0 Å². The van der Waals surface area contributed by atoms with Crippen molar-refractivity contribution in [3.63, 3.8) is 0 Å². The summed E-state index contributed by atoms with van der Waals surface area (Å²) in [5, 5.41) is 12.2. The third-order valence-electron chi connectivity index (χ3n) is 2.17. The lowest BCUT2D eigenvalue weighted by molar-refractivity contribution is 0.0846. The Labute approximate surface area is 56.3 Å². The first-order valence-electron chi connectivity index (χ1n) is 3.51. The molecule has 1 heterocycles. The van der Waals surface area contributed by atoms with Crippen molar-refractivity contribution >= 4 is 0 Å². The van der Waals surface area contributed by atoms with Crippen LogP contribution in [0.4, 0.5) is 0 Å². The van der Waals surface area contributed by atoms with Crippen LogP contribution >= 0.6 is 0 Å². The van der Waals surface area contributed by atoms with E-state index in [4.69, 9.17) is 5.11 Å². The minimum Gasteiger partial charge on any atom is -0.396 e. The number of hydrogen-bond donors (Lipinski definition) is 2. The zero-order valence-corrected chi connectivity index (χ0v) is 6.15. The molecule has 1 rings (SSSR count). The fraction of sp³-hybridized carbons (Fsp3) is 1.00. The molecule has 0 aromatic rings. The maximum Gasteiger partial charge on any atom is 0.0497 e. The van der Waals surface area contributed by atoms with Gasteiger partial charge in [-0.15, -0.1) is 0 Å². The van der Waals surface area contributed by atoms with E-state index in [2.05, 4.69) is 19.2 Å². The van der Waals surface area contributed by atoms with E-state index in [1.165, 1.54) is 6.42 Å². The van der Waals surface area contributed by atoms with E-state index in [9.17, 15) is 0 Å². The van der Waals surface area contributed by atoms with Gasteiger partial charge in [0.1, 0.15) is 0 Å². The van der Waals surface area contributed by atoms with Crippen LogP contribution in [0.1, 0.15) is 20.3 Å². The molecular formula is C7H15NO. The predicted octanol–water partition coefficient (Wildman–Crippen LogP) is 0.367. The van der Waals surface area contributed by atoms with Crippen molar-refractivity contribution in [1.82, 2.24) is 5.32 Å². The van der Waals surface area contributed by atoms with Crippen LogP contribution in [-0.2, 0) is 0 Å². The summed E-state index contributed by atoms with van der Waals surface area (Å²) >= 11 is 0. The molecular weight excluding hydrogens is 114 g/mol. The van der Waals surface area contributed by atoms with Gasteiger partial charge in [-0.3, -0.25) is 0 Å². The SMILES string of the molecule is CC(C)(CO)C1CCN1. The highest BCUT2D eigenvalue weighted by molar-refractivity contribution is 4.90. The van der Waals surface area contributed by atoms with Crippen molar-refractivity contribution in [3.8, 4) is 0 Å². The fourth-order valence-electron chi connectivity index (χ4n) is 1.07. The summed E-state index contributed by atoms with van der Waals surface area (Å²) in [5.41, 5.74) is 0.0816. The lowest BCUT2D eigenvalue weighted by Gasteiger charge is -2.40. The van der Waals surface area contributed by atoms with Gasteiger partial charge in [-0.05, 0) is 13.0 Å². The monoisotopic (exact) mass is 129 g/mol. The van der Waals surface area contributed by atoms with Gasteiger partial charge >= 0.3 is 0 Å². The molecule has 1 aliphatic heterocycles. The van der Waals surface area contributed by atoms with Crippen LogP contribution in [0.5, 0.6) is 0 Å². The van der Waals surface area contributed by atoms with Gasteiger partial charge < -0.3 is 10.4 Å². The van der Waals surface area contributed by atoms with E-state index in [0.717, 1.165) is 6.54 Å². The number of aliphatic hydroxyl groups is 1. The Bertz CT molecular complexity index is 97.1. The Morgan fingerprint density at radius 1 is 1.67 bits per heavy atom. The van der Waals surface area contributed by atoms with Crippen LogP contribution in [0.2, 0.25) is 0 Å². The Morgan fingerprint density at radius 3 is 2.33 bits per heavy atom. The normalized spacial score (nSPS) is 27.7. The number of aliphatic hydroxyl groups excluding tert-OH is 1. The van der Waals surface area contributed by atoms with Gasteiger partial charge in [0.15, 0.2) is 0 Å². The molecule has 0 aromatic carbocycles. The third-order valence-corrected chi connectivity index (χ3v) is 2.17. The van der Waals surface area contributed by atoms with Crippen LogP contribution < -0.4 is 5.32 Å². The van der Waals surface area contributed by atoms with E-state index in [-0.39, 0.29) is 12.0 Å². The van der Waals surface area contributed by atoms with Crippen molar-refractivity contribution < 1.29 is 5.11 Å². The van der Waals surface area contributed by atoms with Crippen LogP contribution in [0, 0.1) is 5.41 Å². The quantitative estimate of drug-likeness (QED) is 0.564. The molecule has 54 valence electrons. The second-order valence-corrected chi connectivity index (χ2v) is 3.44. The van der Waals surface area contributed by atoms with Crippen LogP contribution in [0.3, 0.4) is 0 Å². The molecule has 2 nitrogen and oxygen atoms in total. The van der Waals surface area contributed by atoms with Gasteiger partial charge in [0.2, 0.25) is 0 Å². The topological polar surface area (TPSA) is 32.3 Å². The Morgan fingerprint density at radius 2 is 2.22 bits per heavy atom. The molecule has 1 atom stereocenters. The summed E-state index contributed by atoms with van der Waals surface area (Å²) in [6.07, 6.45) is 1.22. The Hall–Kier alpha value is -0.0800. The van der Waals surface area contributed by atoms with Gasteiger partial charge in [-0.2, -0.15) is 0 Å². The second-order valence-electron chi connectivity index (χ2n) is 3.44. The lowest BCUT2D eigenvalue weighted by atomic mass is 9.80. The second kappa shape index (κ2) is 2.27. The highest BCUT2D eigenvalue weighted by Crippen LogP contribution is 2.25. The summed E-state index contributed by atoms with van der Waals surface area (Å²) in [5.74, 6) is 0. The first-order valence-corrected chi connectivity index (χ1v) is 3.51. The van der Waals surface area contributed by atoms with Crippen molar-refractivity contribution in [1.29, 1.82) is 0 Å². The van der Waals surface area contributed by atoms with Crippen LogP contribution in [-0.4, -0.2) is 24.3 Å². The van der Waals surface area contributed by atoms with E-state index in [0.29, 0.717) is 6.04 Å². The van der Waals surface area contributed by atoms with Crippen LogP contribution in [0.25, 0.3) is 0 Å². The van der Waals surface area contributed by atoms with E-state index >= 15 is 0 Å². The largest absolute Gasteiger partial charge is 0.396 e. The predicted molar refractivity (Wildman–Crippen MR) is 37.3 cm³/mol. The van der Waals surface area contributed by atoms with Gasteiger partial charge in [0, 0.05) is 18.1 Å². The first-order chi connectivity index (χ1) is 4.17. The number of nitrogens with one attached hydrogen (secondary N) is 1. The molecule has 2 N–H and O–H groups in total. The molecule has 0 saturated carbocycles. The minimum atomic E-state index is 0.0816. The zero-order chi connectivity index (χ0) is 6.91. The molecule has 9 heavy (non-hydrogen) atoms. The fourth-order valence-corrected chi connectivity index (χ4v) is 1.07. The maximum absolute atomic E-state index is 8.89. The highest BCUT2D eigenvalue weighted by atomic mass is 16.3. The number of rotatable bonds is 2. The lowest BCUT2D eigenvalue weighted by Crippen LogP contribution is -2.53. The van der Waals surface area contributed by atoms with Crippen LogP contribution in [0.15, 0.2) is 0 Å². The molecule has 1 fully saturated rings. The molecule has 0 radical (unpaired) electrons. The summed E-state index contributed by atoms with van der Waals surface area (Å²) in [6, 6.07) is 0.544. The smallest absolute Gasteiger partial charge is 0.0497 e. The molecule has 1 aliphatic rings. The molecule has 1 unspecified atom stereocenters. The van der Waals surface area contributed by atoms with E-state index in [1.807, 2.05) is 0 Å². The molecule has 0 aromatic heterocycles. The number of hydrogen-bond acceptors (Lipinski definition) is 2. The Kier molecular flexibility index (Phi) is 1.78. The minimum absolute atomic E-state index is 0.0816. The standard InChI is InChI=1S/C7H15NO/c1-7(2,5-9)6-3-4-8-6/h6,8-9H,3-5H2,1-2H3. The van der Waals surface area contributed by atoms with E-state index in [1.54, 1.807) is 0 Å². The molecule has 0 aliphatic carbocycles. The molecule has 0 spiro atoms. The first kappa shape index (κ1) is 7.03. The van der Waals surface area contributed by atoms with Gasteiger partial charge in [0.25, 0.3) is 0 Å². The molecule has 2 heteroatoms. The summed E-state index contributed by atoms with van der Waals surface area (Å²) in [7, 11) is 0. The third kappa shape index (κ3) is 1.25. The maximum atomic E-state index is 8.89. The summed E-state index contributed by atoms with van der Waals surface area (Å²) in [4.78, 5) is 0. The summed E-state index contributed by atoms with van der Waals surface area (Å²) < 4.78 is 0. The van der Waals surface area contributed by atoms with Gasteiger partial charge in [0.05, 0.1) is 0 Å². The summed E-state index contributed by atoms with van der Waals surface area (Å²) in [6.45, 7) is 5.58. The highest BCUT2D eigenvalue weighted by Gasteiger charge is 2.32. The zero-order valence-electron chi connectivity index (χ0n) is 6.15. The van der Waals surface area contributed by atoms with Crippen molar-refractivity contribution in [2.24, 2.45) is 5.41 Å². The van der Waals surface area contributed by atoms with Gasteiger partial charge in [-0.1, -0.05) is 13.8 Å². The molecule has 1 saturated heterocycles. The van der Waals surface area contributed by atoms with Crippen molar-refractivity contribution in [2.75, 3.05) is 13.2 Å². The van der Waals surface area contributed by atoms with E-state index < -0.39 is 0 Å². The Balaban J connectivity index is 2.37. The van der Waals surface area contributed by atoms with Gasteiger partial charge in [-0.25, -0.2) is 0 Å². The van der Waals surface area contributed by atoms with Crippen molar-refractivity contribution in [2.45, 2.75) is 26.3 Å². The molecule has 0 amide bonds.